The third kappa shape index (κ3) is 3.86. The first-order valence-corrected chi connectivity index (χ1v) is 11.1. The summed E-state index contributed by atoms with van der Waals surface area (Å²) in [6, 6.07) is 7.55. The lowest BCUT2D eigenvalue weighted by atomic mass is 9.91. The van der Waals surface area contributed by atoms with Crippen molar-refractivity contribution in [1.29, 1.82) is 0 Å². The molecule has 116 valence electrons. The van der Waals surface area contributed by atoms with Crippen LogP contribution in [0.15, 0.2) is 29.3 Å². The maximum absolute atomic E-state index is 12.7. The Morgan fingerprint density at radius 2 is 2.00 bits per heavy atom. The third-order valence-electron chi connectivity index (χ3n) is 3.56. The van der Waals surface area contributed by atoms with E-state index in [9.17, 15) is 4.79 Å². The average molecular weight is 313 g/mol. The molecule has 1 heterocycles. The summed E-state index contributed by atoms with van der Waals surface area (Å²) in [5.74, 6) is 3.34. The zero-order chi connectivity index (χ0) is 16.3. The van der Waals surface area contributed by atoms with E-state index >= 15 is 0 Å². The number of nitrogens with zero attached hydrogens (tertiary/aromatic N) is 1. The average Bonchev–Trinajstić information content (AvgIpc) is 2.89. The van der Waals surface area contributed by atoms with E-state index in [-0.39, 0.29) is 17.7 Å². The fraction of sp³-hybridized carbons (Fsp3) is 0.444. The fourth-order valence-corrected chi connectivity index (χ4v) is 2.97. The van der Waals surface area contributed by atoms with Crippen LogP contribution in [0.4, 0.5) is 0 Å². The highest BCUT2D eigenvalue weighted by molar-refractivity contribution is 6.83. The summed E-state index contributed by atoms with van der Waals surface area (Å²) in [5, 5.41) is 0. The zero-order valence-corrected chi connectivity index (χ0v) is 14.9. The molecule has 0 N–H and O–H groups in total. The molecule has 0 radical (unpaired) electrons. The normalized spacial score (nSPS) is 21.7. The molecule has 0 fully saturated rings. The monoisotopic (exact) mass is 313 g/mol. The van der Waals surface area contributed by atoms with Gasteiger partial charge in [-0.2, -0.15) is 0 Å². The first-order valence-electron chi connectivity index (χ1n) is 7.62. The van der Waals surface area contributed by atoms with Gasteiger partial charge >= 0.3 is 0 Å². The standard InChI is InChI=1S/C18H23NO2Si/c1-13(10-11-22(3,4)5)15-8-6-7-9-16(15)17(20)18-14(2)19-12-21-18/h6-9,12-14,18H,1-5H3. The number of Topliss-reactive ketones (excluding diaryl/α,β-unsaturated/α-hetero) is 1. The highest BCUT2D eigenvalue weighted by Crippen LogP contribution is 2.24. The van der Waals surface area contributed by atoms with Crippen LogP contribution in [-0.4, -0.2) is 32.4 Å². The number of hydrogen-bond acceptors (Lipinski definition) is 3. The Labute approximate surface area is 133 Å². The largest absolute Gasteiger partial charge is 0.470 e. The molecule has 3 atom stereocenters. The second kappa shape index (κ2) is 6.49. The molecule has 1 aliphatic rings. The van der Waals surface area contributed by atoms with Crippen LogP contribution in [0.2, 0.25) is 19.6 Å². The molecule has 0 amide bonds. The molecule has 0 saturated carbocycles. The van der Waals surface area contributed by atoms with E-state index in [0.717, 1.165) is 5.56 Å². The molecule has 1 aromatic carbocycles. The van der Waals surface area contributed by atoms with Gasteiger partial charge in [-0.25, -0.2) is 0 Å². The van der Waals surface area contributed by atoms with Crippen molar-refractivity contribution in [1.82, 2.24) is 0 Å². The van der Waals surface area contributed by atoms with Crippen molar-refractivity contribution in [2.75, 3.05) is 0 Å². The topological polar surface area (TPSA) is 38.7 Å². The lowest BCUT2D eigenvalue weighted by Gasteiger charge is -2.17. The third-order valence-corrected chi connectivity index (χ3v) is 4.45. The van der Waals surface area contributed by atoms with E-state index < -0.39 is 14.2 Å². The number of aliphatic imine (C=N–C) groups is 1. The number of ether oxygens (including phenoxy) is 1. The number of carbonyl (C=O) groups is 1. The molecular weight excluding hydrogens is 290 g/mol. The Balaban J connectivity index is 2.30. The van der Waals surface area contributed by atoms with Gasteiger partial charge in [0, 0.05) is 11.5 Å². The van der Waals surface area contributed by atoms with Gasteiger partial charge in [-0.05, 0) is 19.4 Å². The predicted octanol–water partition coefficient (Wildman–Crippen LogP) is 3.67. The van der Waals surface area contributed by atoms with Crippen LogP contribution in [0.5, 0.6) is 0 Å². The van der Waals surface area contributed by atoms with Crippen molar-refractivity contribution in [3.05, 3.63) is 35.4 Å². The summed E-state index contributed by atoms with van der Waals surface area (Å²) >= 11 is 0. The first-order chi connectivity index (χ1) is 10.3. The summed E-state index contributed by atoms with van der Waals surface area (Å²) in [4.78, 5) is 16.9. The van der Waals surface area contributed by atoms with Gasteiger partial charge in [0.15, 0.2) is 12.5 Å². The number of carbonyl (C=O) groups excluding carboxylic acids is 1. The fourth-order valence-electron chi connectivity index (χ4n) is 2.32. The van der Waals surface area contributed by atoms with Crippen LogP contribution < -0.4 is 0 Å². The lowest BCUT2D eigenvalue weighted by Crippen LogP contribution is -2.30. The van der Waals surface area contributed by atoms with Crippen LogP contribution in [0, 0.1) is 11.5 Å². The zero-order valence-electron chi connectivity index (χ0n) is 13.9. The van der Waals surface area contributed by atoms with Gasteiger partial charge < -0.3 is 4.74 Å². The maximum Gasteiger partial charge on any atom is 0.205 e. The molecule has 1 aliphatic heterocycles. The SMILES string of the molecule is CC(C#C[Si](C)(C)C)c1ccccc1C(=O)C1OC=NC1C. The summed E-state index contributed by atoms with van der Waals surface area (Å²) in [7, 11) is -1.42. The molecule has 0 bridgehead atoms. The molecule has 2 rings (SSSR count). The van der Waals surface area contributed by atoms with Crippen LogP contribution in [0.3, 0.4) is 0 Å². The minimum atomic E-state index is -1.42. The molecular formula is C18H23NO2Si. The Morgan fingerprint density at radius 3 is 2.59 bits per heavy atom. The van der Waals surface area contributed by atoms with Gasteiger partial charge in [-0.3, -0.25) is 9.79 Å². The highest BCUT2D eigenvalue weighted by atomic mass is 28.3. The van der Waals surface area contributed by atoms with Gasteiger partial charge in [0.05, 0.1) is 6.04 Å². The minimum Gasteiger partial charge on any atom is -0.470 e. The Kier molecular flexibility index (Phi) is 4.87. The van der Waals surface area contributed by atoms with Crippen LogP contribution in [-0.2, 0) is 4.74 Å². The first kappa shape index (κ1) is 16.5. The van der Waals surface area contributed by atoms with E-state index in [0.29, 0.717) is 5.56 Å². The summed E-state index contributed by atoms with van der Waals surface area (Å²) < 4.78 is 5.36. The molecule has 0 saturated heterocycles. The summed E-state index contributed by atoms with van der Waals surface area (Å²) in [5.41, 5.74) is 5.06. The van der Waals surface area contributed by atoms with E-state index in [1.54, 1.807) is 0 Å². The minimum absolute atomic E-state index is 0.0118. The van der Waals surface area contributed by atoms with Crippen LogP contribution in [0.25, 0.3) is 0 Å². The Morgan fingerprint density at radius 1 is 1.32 bits per heavy atom. The molecule has 3 nitrogen and oxygen atoms in total. The van der Waals surface area contributed by atoms with Crippen LogP contribution >= 0.6 is 0 Å². The quantitative estimate of drug-likeness (QED) is 0.485. The number of rotatable bonds is 3. The summed E-state index contributed by atoms with van der Waals surface area (Å²) in [6.07, 6.45) is 0.864. The van der Waals surface area contributed by atoms with Crippen LogP contribution in [0.1, 0.15) is 35.7 Å². The molecule has 0 spiro atoms. The second-order valence-electron chi connectivity index (χ2n) is 6.74. The molecule has 1 aromatic rings. The summed E-state index contributed by atoms with van der Waals surface area (Å²) in [6.45, 7) is 10.6. The van der Waals surface area contributed by atoms with Gasteiger partial charge in [-0.1, -0.05) is 43.9 Å². The smallest absolute Gasteiger partial charge is 0.205 e. The van der Waals surface area contributed by atoms with Crippen molar-refractivity contribution >= 4 is 20.3 Å². The van der Waals surface area contributed by atoms with Gasteiger partial charge in [-0.15, -0.1) is 11.5 Å². The van der Waals surface area contributed by atoms with Crippen molar-refractivity contribution in [2.45, 2.75) is 51.6 Å². The van der Waals surface area contributed by atoms with Gasteiger partial charge in [0.1, 0.15) is 8.07 Å². The Bertz CT molecular complexity index is 649. The van der Waals surface area contributed by atoms with Gasteiger partial charge in [0.2, 0.25) is 5.78 Å². The molecule has 22 heavy (non-hydrogen) atoms. The van der Waals surface area contributed by atoms with Gasteiger partial charge in [0.25, 0.3) is 0 Å². The molecule has 0 aliphatic carbocycles. The van der Waals surface area contributed by atoms with E-state index in [1.807, 2.05) is 31.2 Å². The second-order valence-corrected chi connectivity index (χ2v) is 11.5. The van der Waals surface area contributed by atoms with E-state index in [2.05, 4.69) is 43.0 Å². The van der Waals surface area contributed by atoms with Crippen molar-refractivity contribution in [3.63, 3.8) is 0 Å². The van der Waals surface area contributed by atoms with E-state index in [4.69, 9.17) is 4.74 Å². The molecule has 3 unspecified atom stereocenters. The van der Waals surface area contributed by atoms with E-state index in [1.165, 1.54) is 6.40 Å². The highest BCUT2D eigenvalue weighted by Gasteiger charge is 2.31. The number of hydrogen-bond donors (Lipinski definition) is 0. The van der Waals surface area contributed by atoms with Crippen molar-refractivity contribution < 1.29 is 9.53 Å². The number of ketones is 1. The lowest BCUT2D eigenvalue weighted by molar-refractivity contribution is 0.0790. The molecule has 4 heteroatoms. The maximum atomic E-state index is 12.7. The Hall–Kier alpha value is -1.86. The molecule has 0 aromatic heterocycles. The predicted molar refractivity (Wildman–Crippen MR) is 93.1 cm³/mol. The number of benzene rings is 1. The van der Waals surface area contributed by atoms with Crippen molar-refractivity contribution in [3.8, 4) is 11.5 Å². The van der Waals surface area contributed by atoms with Crippen molar-refractivity contribution in [2.24, 2.45) is 4.99 Å².